The van der Waals surface area contributed by atoms with Crippen molar-refractivity contribution >= 4 is 5.69 Å². The van der Waals surface area contributed by atoms with Crippen LogP contribution in [0.25, 0.3) is 0 Å². The molecule has 3 nitrogen and oxygen atoms in total. The second-order valence-electron chi connectivity index (χ2n) is 4.78. The molecule has 0 bridgehead atoms. The minimum atomic E-state index is 0.714. The van der Waals surface area contributed by atoms with Crippen molar-refractivity contribution in [3.05, 3.63) is 23.8 Å². The number of nitrogen functional groups attached to an aromatic ring is 1. The van der Waals surface area contributed by atoms with Crippen LogP contribution in [0, 0.1) is 5.92 Å². The molecule has 0 amide bonds. The first-order chi connectivity index (χ1) is 8.13. The van der Waals surface area contributed by atoms with Gasteiger partial charge in [-0.1, -0.05) is 19.9 Å². The number of hydrogen-bond donors (Lipinski definition) is 2. The van der Waals surface area contributed by atoms with Crippen molar-refractivity contribution in [2.75, 3.05) is 25.9 Å². The molecule has 3 heteroatoms. The lowest BCUT2D eigenvalue weighted by atomic mass is 10.1. The summed E-state index contributed by atoms with van der Waals surface area (Å²) >= 11 is 0. The van der Waals surface area contributed by atoms with Gasteiger partial charge in [0.25, 0.3) is 0 Å². The highest BCUT2D eigenvalue weighted by Crippen LogP contribution is 2.22. The van der Waals surface area contributed by atoms with Crippen LogP contribution in [-0.4, -0.2) is 20.2 Å². The molecule has 0 unspecified atom stereocenters. The van der Waals surface area contributed by atoms with E-state index in [2.05, 4.69) is 25.2 Å². The summed E-state index contributed by atoms with van der Waals surface area (Å²) in [6.45, 7) is 6.59. The van der Waals surface area contributed by atoms with Crippen LogP contribution in [0.2, 0.25) is 0 Å². The molecule has 0 fully saturated rings. The topological polar surface area (TPSA) is 47.3 Å². The average Bonchev–Trinajstić information content (AvgIpc) is 2.28. The third kappa shape index (κ3) is 5.09. The molecule has 0 saturated heterocycles. The third-order valence-electron chi connectivity index (χ3n) is 2.67. The summed E-state index contributed by atoms with van der Waals surface area (Å²) in [7, 11) is 1.64. The molecule has 17 heavy (non-hydrogen) atoms. The fourth-order valence-electron chi connectivity index (χ4n) is 1.75. The first-order valence-corrected chi connectivity index (χ1v) is 6.26. The van der Waals surface area contributed by atoms with Gasteiger partial charge in [0.15, 0.2) is 0 Å². The van der Waals surface area contributed by atoms with Crippen LogP contribution >= 0.6 is 0 Å². The Morgan fingerprint density at radius 2 is 2.12 bits per heavy atom. The van der Waals surface area contributed by atoms with Crippen LogP contribution in [0.3, 0.4) is 0 Å². The number of nitrogens with two attached hydrogens (primary N) is 1. The fourth-order valence-corrected chi connectivity index (χ4v) is 1.75. The van der Waals surface area contributed by atoms with Gasteiger partial charge in [0.1, 0.15) is 5.75 Å². The highest BCUT2D eigenvalue weighted by Gasteiger charge is 2.00. The highest BCUT2D eigenvalue weighted by molar-refractivity contribution is 5.54. The van der Waals surface area contributed by atoms with Crippen molar-refractivity contribution in [2.45, 2.75) is 26.7 Å². The number of rotatable bonds is 7. The van der Waals surface area contributed by atoms with Gasteiger partial charge in [-0.25, -0.2) is 0 Å². The molecule has 3 N–H and O–H groups in total. The maximum atomic E-state index is 5.86. The molecular formula is C14H24N2O. The molecule has 0 saturated carbocycles. The van der Waals surface area contributed by atoms with E-state index < -0.39 is 0 Å². The van der Waals surface area contributed by atoms with Crippen molar-refractivity contribution in [3.63, 3.8) is 0 Å². The van der Waals surface area contributed by atoms with Gasteiger partial charge in [-0.05, 0) is 49.5 Å². The molecule has 0 aliphatic rings. The lowest BCUT2D eigenvalue weighted by molar-refractivity contribution is 0.417. The van der Waals surface area contributed by atoms with Crippen molar-refractivity contribution in [3.8, 4) is 5.75 Å². The number of benzene rings is 1. The summed E-state index contributed by atoms with van der Waals surface area (Å²) in [5.41, 5.74) is 7.86. The lowest BCUT2D eigenvalue weighted by Crippen LogP contribution is -2.21. The molecular weight excluding hydrogens is 212 g/mol. The van der Waals surface area contributed by atoms with Gasteiger partial charge in [0.05, 0.1) is 12.8 Å². The number of hydrogen-bond acceptors (Lipinski definition) is 3. The van der Waals surface area contributed by atoms with Gasteiger partial charge < -0.3 is 15.8 Å². The Bertz CT molecular complexity index is 337. The van der Waals surface area contributed by atoms with Gasteiger partial charge in [-0.3, -0.25) is 0 Å². The van der Waals surface area contributed by atoms with Gasteiger partial charge in [-0.2, -0.15) is 0 Å². The highest BCUT2D eigenvalue weighted by atomic mass is 16.5. The van der Waals surface area contributed by atoms with E-state index in [0.717, 1.165) is 37.4 Å². The number of methoxy groups -OCH3 is 1. The Hall–Kier alpha value is -1.22. The molecule has 0 aromatic heterocycles. The van der Waals surface area contributed by atoms with E-state index in [0.29, 0.717) is 5.92 Å². The molecule has 0 heterocycles. The van der Waals surface area contributed by atoms with E-state index in [-0.39, 0.29) is 0 Å². The average molecular weight is 236 g/mol. The number of nitrogens with one attached hydrogen (secondary N) is 1. The monoisotopic (exact) mass is 236 g/mol. The van der Waals surface area contributed by atoms with Crippen LogP contribution < -0.4 is 15.8 Å². The molecule has 0 aliphatic heterocycles. The van der Waals surface area contributed by atoms with Crippen molar-refractivity contribution < 1.29 is 4.74 Å². The van der Waals surface area contributed by atoms with E-state index in [1.54, 1.807) is 7.11 Å². The predicted molar refractivity (Wildman–Crippen MR) is 73.4 cm³/mol. The Morgan fingerprint density at radius 3 is 2.71 bits per heavy atom. The van der Waals surface area contributed by atoms with Crippen LogP contribution in [-0.2, 0) is 6.42 Å². The van der Waals surface area contributed by atoms with Crippen LogP contribution in [0.1, 0.15) is 25.8 Å². The standard InChI is InChI=1S/C14H24N2O/c1-11(2)10-16-8-4-5-12-6-7-14(17-3)13(15)9-12/h6-7,9,11,16H,4-5,8,10,15H2,1-3H3. The summed E-state index contributed by atoms with van der Waals surface area (Å²) in [6.07, 6.45) is 2.19. The van der Waals surface area contributed by atoms with Gasteiger partial charge in [0, 0.05) is 0 Å². The second-order valence-corrected chi connectivity index (χ2v) is 4.78. The summed E-state index contributed by atoms with van der Waals surface area (Å²) in [6, 6.07) is 6.02. The molecule has 0 radical (unpaired) electrons. The molecule has 96 valence electrons. The van der Waals surface area contributed by atoms with E-state index in [1.807, 2.05) is 12.1 Å². The molecule has 0 aliphatic carbocycles. The van der Waals surface area contributed by atoms with Crippen molar-refractivity contribution in [1.29, 1.82) is 0 Å². The number of aryl methyl sites for hydroxylation is 1. The van der Waals surface area contributed by atoms with E-state index in [4.69, 9.17) is 10.5 Å². The predicted octanol–water partition coefficient (Wildman–Crippen LogP) is 2.46. The fraction of sp³-hybridized carbons (Fsp3) is 0.571. The zero-order chi connectivity index (χ0) is 12.7. The summed E-state index contributed by atoms with van der Waals surface area (Å²) in [5, 5.41) is 3.44. The molecule has 1 rings (SSSR count). The Balaban J connectivity index is 2.30. The Morgan fingerprint density at radius 1 is 1.35 bits per heavy atom. The Kier molecular flexibility index (Phi) is 5.84. The van der Waals surface area contributed by atoms with Gasteiger partial charge in [0.2, 0.25) is 0 Å². The first-order valence-electron chi connectivity index (χ1n) is 6.26. The van der Waals surface area contributed by atoms with Crippen molar-refractivity contribution in [2.24, 2.45) is 5.92 Å². The molecule has 0 spiro atoms. The zero-order valence-corrected chi connectivity index (χ0v) is 11.1. The SMILES string of the molecule is COc1ccc(CCCNCC(C)C)cc1N. The summed E-state index contributed by atoms with van der Waals surface area (Å²) < 4.78 is 5.13. The van der Waals surface area contributed by atoms with Crippen molar-refractivity contribution in [1.82, 2.24) is 5.32 Å². The quantitative estimate of drug-likeness (QED) is 0.565. The first kappa shape index (κ1) is 13.8. The van der Waals surface area contributed by atoms with Gasteiger partial charge >= 0.3 is 0 Å². The van der Waals surface area contributed by atoms with E-state index in [9.17, 15) is 0 Å². The van der Waals surface area contributed by atoms with Crippen LogP contribution in [0.5, 0.6) is 5.75 Å². The zero-order valence-electron chi connectivity index (χ0n) is 11.1. The largest absolute Gasteiger partial charge is 0.495 e. The normalized spacial score (nSPS) is 10.8. The van der Waals surface area contributed by atoms with Gasteiger partial charge in [-0.15, -0.1) is 0 Å². The lowest BCUT2D eigenvalue weighted by Gasteiger charge is -2.09. The molecule has 0 atom stereocenters. The number of anilines is 1. The minimum absolute atomic E-state index is 0.714. The minimum Gasteiger partial charge on any atom is -0.495 e. The smallest absolute Gasteiger partial charge is 0.141 e. The maximum absolute atomic E-state index is 5.86. The van der Waals surface area contributed by atoms with E-state index in [1.165, 1.54) is 5.56 Å². The maximum Gasteiger partial charge on any atom is 0.141 e. The van der Waals surface area contributed by atoms with Crippen LogP contribution in [0.15, 0.2) is 18.2 Å². The molecule has 1 aromatic rings. The van der Waals surface area contributed by atoms with E-state index >= 15 is 0 Å². The summed E-state index contributed by atoms with van der Waals surface area (Å²) in [4.78, 5) is 0. The van der Waals surface area contributed by atoms with Crippen LogP contribution in [0.4, 0.5) is 5.69 Å². The number of ether oxygens (including phenoxy) is 1. The Labute approximate surface area is 104 Å². The second kappa shape index (κ2) is 7.17. The third-order valence-corrected chi connectivity index (χ3v) is 2.67. The molecule has 1 aromatic carbocycles. The summed E-state index contributed by atoms with van der Waals surface area (Å²) in [5.74, 6) is 1.47.